The molecule has 1 aromatic heterocycles. The number of hydrogen-bond acceptors (Lipinski definition) is 4. The van der Waals surface area contributed by atoms with Crippen molar-refractivity contribution >= 4 is 28.2 Å². The zero-order valence-corrected chi connectivity index (χ0v) is 10.2. The van der Waals surface area contributed by atoms with Crippen molar-refractivity contribution < 1.29 is 32.6 Å². The van der Waals surface area contributed by atoms with Gasteiger partial charge >= 0.3 is 18.1 Å². The third-order valence-electron chi connectivity index (χ3n) is 2.51. The summed E-state index contributed by atoms with van der Waals surface area (Å²) >= 11 is 0.842. The second kappa shape index (κ2) is 4.82. The lowest BCUT2D eigenvalue weighted by Crippen LogP contribution is -2.30. The van der Waals surface area contributed by atoms with Gasteiger partial charge in [-0.05, 0) is 0 Å². The van der Waals surface area contributed by atoms with Gasteiger partial charge in [0.2, 0.25) is 0 Å². The van der Waals surface area contributed by atoms with Gasteiger partial charge in [-0.25, -0.2) is 4.79 Å². The first-order valence-electron chi connectivity index (χ1n) is 5.14. The molecular weight excluding hydrogens is 287 g/mol. The zero-order chi connectivity index (χ0) is 14.2. The minimum absolute atomic E-state index is 0.0232. The predicted molar refractivity (Wildman–Crippen MR) is 59.3 cm³/mol. The van der Waals surface area contributed by atoms with Gasteiger partial charge in [-0.15, -0.1) is 11.3 Å². The molecule has 0 aromatic carbocycles. The van der Waals surface area contributed by atoms with E-state index in [0.717, 1.165) is 11.3 Å². The number of fused-ring (bicyclic) bond motifs is 1. The fraction of sp³-hybridized carbons (Fsp3) is 0.400. The maximum Gasteiger partial charge on any atom is 0.471 e. The number of carbonyl (C=O) groups is 2. The van der Waals surface area contributed by atoms with E-state index in [0.29, 0.717) is 23.5 Å². The third-order valence-corrected chi connectivity index (χ3v) is 3.72. The van der Waals surface area contributed by atoms with Gasteiger partial charge in [0.15, 0.2) is 0 Å². The van der Waals surface area contributed by atoms with Gasteiger partial charge in [0.05, 0.1) is 18.8 Å². The summed E-state index contributed by atoms with van der Waals surface area (Å²) in [6.07, 6.45) is -4.64. The summed E-state index contributed by atoms with van der Waals surface area (Å²) in [6.45, 7) is 0.397. The fourth-order valence-corrected chi connectivity index (χ4v) is 2.87. The van der Waals surface area contributed by atoms with Crippen LogP contribution in [0.5, 0.6) is 0 Å². The Morgan fingerprint density at radius 2 is 2.05 bits per heavy atom. The van der Waals surface area contributed by atoms with Gasteiger partial charge < -0.3 is 15.2 Å². The molecule has 2 N–H and O–H groups in total. The molecule has 1 aliphatic rings. The first kappa shape index (κ1) is 13.8. The molecule has 2 heterocycles. The van der Waals surface area contributed by atoms with Crippen LogP contribution in [0.15, 0.2) is 0 Å². The number of halogens is 3. The van der Waals surface area contributed by atoms with E-state index in [2.05, 4.69) is 0 Å². The largest absolute Gasteiger partial charge is 0.478 e. The van der Waals surface area contributed by atoms with Crippen molar-refractivity contribution in [1.82, 2.24) is 0 Å². The normalized spacial score (nSPS) is 14.9. The SMILES string of the molecule is O=C(O)c1c(NC(=O)C(F)(F)F)sc2c1COCC2. The number of nitrogens with one attached hydrogen (secondary N) is 1. The number of hydrogen-bond donors (Lipinski definition) is 2. The van der Waals surface area contributed by atoms with E-state index in [1.807, 2.05) is 0 Å². The van der Waals surface area contributed by atoms with Gasteiger partial charge in [0.25, 0.3) is 0 Å². The highest BCUT2D eigenvalue weighted by atomic mass is 32.1. The van der Waals surface area contributed by atoms with Crippen molar-refractivity contribution in [2.75, 3.05) is 11.9 Å². The van der Waals surface area contributed by atoms with E-state index in [1.54, 1.807) is 5.32 Å². The number of amides is 1. The molecule has 104 valence electrons. The molecule has 0 fully saturated rings. The quantitative estimate of drug-likeness (QED) is 0.875. The van der Waals surface area contributed by atoms with Crippen LogP contribution in [-0.4, -0.2) is 29.8 Å². The Bertz CT molecular complexity index is 538. The first-order valence-corrected chi connectivity index (χ1v) is 5.96. The number of carbonyl (C=O) groups excluding carboxylic acids is 1. The molecule has 0 saturated heterocycles. The molecule has 0 radical (unpaired) electrons. The molecule has 5 nitrogen and oxygen atoms in total. The molecule has 0 unspecified atom stereocenters. The van der Waals surface area contributed by atoms with Crippen LogP contribution in [0.4, 0.5) is 18.2 Å². The average Bonchev–Trinajstić information content (AvgIpc) is 2.65. The Hall–Kier alpha value is -1.61. The average molecular weight is 295 g/mol. The Morgan fingerprint density at radius 1 is 1.37 bits per heavy atom. The van der Waals surface area contributed by atoms with Crippen LogP contribution < -0.4 is 5.32 Å². The summed E-state index contributed by atoms with van der Waals surface area (Å²) < 4.78 is 41.6. The Balaban J connectivity index is 2.38. The molecule has 0 atom stereocenters. The van der Waals surface area contributed by atoms with Gasteiger partial charge in [-0.3, -0.25) is 4.79 Å². The van der Waals surface area contributed by atoms with Crippen LogP contribution in [0.2, 0.25) is 0 Å². The van der Waals surface area contributed by atoms with E-state index in [9.17, 15) is 22.8 Å². The van der Waals surface area contributed by atoms with Crippen molar-refractivity contribution in [2.24, 2.45) is 0 Å². The molecule has 0 aliphatic carbocycles. The molecular formula is C10H8F3NO4S. The molecule has 1 aliphatic heterocycles. The number of ether oxygens (including phenoxy) is 1. The molecule has 1 amide bonds. The lowest BCUT2D eigenvalue weighted by Gasteiger charge is -2.12. The van der Waals surface area contributed by atoms with Crippen molar-refractivity contribution in [2.45, 2.75) is 19.2 Å². The maximum absolute atomic E-state index is 12.2. The fourth-order valence-electron chi connectivity index (χ4n) is 1.69. The monoisotopic (exact) mass is 295 g/mol. The van der Waals surface area contributed by atoms with Crippen molar-refractivity contribution in [3.8, 4) is 0 Å². The highest BCUT2D eigenvalue weighted by molar-refractivity contribution is 7.17. The van der Waals surface area contributed by atoms with Gasteiger partial charge in [0.1, 0.15) is 5.00 Å². The van der Waals surface area contributed by atoms with Crippen LogP contribution in [-0.2, 0) is 22.6 Å². The molecule has 1 aromatic rings. The lowest BCUT2D eigenvalue weighted by molar-refractivity contribution is -0.167. The number of thiophene rings is 1. The predicted octanol–water partition coefficient (Wildman–Crippen LogP) is 2.02. The van der Waals surface area contributed by atoms with Crippen LogP contribution in [0, 0.1) is 0 Å². The smallest absolute Gasteiger partial charge is 0.471 e. The van der Waals surface area contributed by atoms with Gasteiger partial charge in [-0.1, -0.05) is 0 Å². The molecule has 9 heteroatoms. The summed E-state index contributed by atoms with van der Waals surface area (Å²) in [5.74, 6) is -3.57. The standard InChI is InChI=1S/C10H8F3NO4S/c11-10(12,13)9(17)14-7-6(8(15)16)4-3-18-2-1-5(4)19-7/h1-3H2,(H,14,17)(H,15,16). The van der Waals surface area contributed by atoms with E-state index in [-0.39, 0.29) is 17.2 Å². The molecule has 0 saturated carbocycles. The number of aromatic carboxylic acids is 1. The summed E-state index contributed by atoms with van der Waals surface area (Å²) in [4.78, 5) is 22.6. The summed E-state index contributed by atoms with van der Waals surface area (Å²) in [5.41, 5.74) is 0.0125. The number of carboxylic acids is 1. The van der Waals surface area contributed by atoms with E-state index >= 15 is 0 Å². The minimum atomic E-state index is -5.06. The van der Waals surface area contributed by atoms with E-state index < -0.39 is 18.1 Å². The van der Waals surface area contributed by atoms with E-state index in [1.165, 1.54) is 0 Å². The number of rotatable bonds is 2. The minimum Gasteiger partial charge on any atom is -0.478 e. The zero-order valence-electron chi connectivity index (χ0n) is 9.34. The topological polar surface area (TPSA) is 75.6 Å². The molecule has 0 bridgehead atoms. The number of anilines is 1. The van der Waals surface area contributed by atoms with Crippen LogP contribution >= 0.6 is 11.3 Å². The first-order chi connectivity index (χ1) is 8.80. The lowest BCUT2D eigenvalue weighted by atomic mass is 10.1. The third kappa shape index (κ3) is 2.71. The molecule has 0 spiro atoms. The number of alkyl halides is 3. The van der Waals surface area contributed by atoms with Gasteiger partial charge in [-0.2, -0.15) is 13.2 Å². The Labute approximate surface area is 109 Å². The highest BCUT2D eigenvalue weighted by Crippen LogP contribution is 2.37. The highest BCUT2D eigenvalue weighted by Gasteiger charge is 2.40. The second-order valence-corrected chi connectivity index (χ2v) is 4.87. The van der Waals surface area contributed by atoms with Crippen LogP contribution in [0.3, 0.4) is 0 Å². The van der Waals surface area contributed by atoms with Crippen molar-refractivity contribution in [3.63, 3.8) is 0 Å². The van der Waals surface area contributed by atoms with E-state index in [4.69, 9.17) is 9.84 Å². The summed E-state index contributed by atoms with van der Waals surface area (Å²) in [5, 5.41) is 10.4. The Morgan fingerprint density at radius 3 is 2.63 bits per heavy atom. The summed E-state index contributed by atoms with van der Waals surface area (Å²) in [7, 11) is 0. The van der Waals surface area contributed by atoms with Crippen LogP contribution in [0.25, 0.3) is 0 Å². The second-order valence-electron chi connectivity index (χ2n) is 3.77. The molecule has 2 rings (SSSR count). The summed E-state index contributed by atoms with van der Waals surface area (Å²) in [6, 6.07) is 0. The van der Waals surface area contributed by atoms with Crippen LogP contribution in [0.1, 0.15) is 20.8 Å². The number of carboxylic acid groups (broad SMARTS) is 1. The maximum atomic E-state index is 12.2. The van der Waals surface area contributed by atoms with Crippen molar-refractivity contribution in [3.05, 3.63) is 16.0 Å². The Kier molecular flexibility index (Phi) is 3.50. The van der Waals surface area contributed by atoms with Gasteiger partial charge in [0, 0.05) is 16.9 Å². The van der Waals surface area contributed by atoms with Crippen molar-refractivity contribution in [1.29, 1.82) is 0 Å². The molecule has 19 heavy (non-hydrogen) atoms.